The van der Waals surface area contributed by atoms with Gasteiger partial charge < -0.3 is 23.8 Å². The van der Waals surface area contributed by atoms with E-state index in [9.17, 15) is 9.59 Å². The van der Waals surface area contributed by atoms with Crippen LogP contribution >= 0.6 is 0 Å². The van der Waals surface area contributed by atoms with Crippen molar-refractivity contribution in [1.29, 1.82) is 0 Å². The van der Waals surface area contributed by atoms with Gasteiger partial charge in [0.1, 0.15) is 23.4 Å². The van der Waals surface area contributed by atoms with Crippen molar-refractivity contribution in [2.24, 2.45) is 0 Å². The number of rotatable bonds is 10. The molecule has 0 saturated heterocycles. The van der Waals surface area contributed by atoms with Gasteiger partial charge in [-0.1, -0.05) is 12.1 Å². The fraction of sp³-hybridized carbons (Fsp3) is 0.395. The summed E-state index contributed by atoms with van der Waals surface area (Å²) in [6, 6.07) is 19.1. The standard InChI is InChI=1S/C38H46N4O6/c1-9-40(10-2)36(43)27-13-11-26(12-14-27)35-31-22-34(47-30-17-15-29(45-7)16-18-30)33(46-8)21-28(31)19-20-41(35)23-32-25(3)39-24-42(32)37(44)48-38(4,5)6/h11-18,21-22,24,35H,9-10,19-20,23H2,1-8H3. The van der Waals surface area contributed by atoms with E-state index in [2.05, 4.69) is 9.88 Å². The number of fused-ring (bicyclic) bond motifs is 1. The molecule has 1 unspecified atom stereocenters. The maximum Gasteiger partial charge on any atom is 0.420 e. The molecular weight excluding hydrogens is 608 g/mol. The van der Waals surface area contributed by atoms with Gasteiger partial charge in [0.2, 0.25) is 0 Å². The molecule has 0 spiro atoms. The van der Waals surface area contributed by atoms with E-state index in [0.29, 0.717) is 49.0 Å². The molecule has 0 bridgehead atoms. The second-order valence-corrected chi connectivity index (χ2v) is 12.8. The third-order valence-electron chi connectivity index (χ3n) is 8.58. The summed E-state index contributed by atoms with van der Waals surface area (Å²) in [4.78, 5) is 35.0. The van der Waals surface area contributed by atoms with E-state index in [-0.39, 0.29) is 11.9 Å². The Morgan fingerprint density at radius 3 is 2.19 bits per heavy atom. The number of hydrogen-bond donors (Lipinski definition) is 0. The third-order valence-corrected chi connectivity index (χ3v) is 8.58. The molecule has 48 heavy (non-hydrogen) atoms. The second kappa shape index (κ2) is 14.5. The fourth-order valence-electron chi connectivity index (χ4n) is 6.07. The predicted molar refractivity (Wildman–Crippen MR) is 184 cm³/mol. The summed E-state index contributed by atoms with van der Waals surface area (Å²) >= 11 is 0. The number of benzene rings is 3. The molecule has 1 amide bonds. The monoisotopic (exact) mass is 654 g/mol. The van der Waals surface area contributed by atoms with Crippen LogP contribution in [-0.2, 0) is 17.7 Å². The van der Waals surface area contributed by atoms with Crippen molar-refractivity contribution in [3.63, 3.8) is 0 Å². The van der Waals surface area contributed by atoms with Crippen molar-refractivity contribution in [2.75, 3.05) is 33.9 Å². The van der Waals surface area contributed by atoms with Crippen LogP contribution in [0.2, 0.25) is 0 Å². The normalized spacial score (nSPS) is 14.6. The molecule has 10 heteroatoms. The van der Waals surface area contributed by atoms with Crippen molar-refractivity contribution in [1.82, 2.24) is 19.4 Å². The zero-order valence-electron chi connectivity index (χ0n) is 29.2. The van der Waals surface area contributed by atoms with Crippen LogP contribution in [0, 0.1) is 6.92 Å². The van der Waals surface area contributed by atoms with E-state index >= 15 is 0 Å². The molecule has 1 aliphatic heterocycles. The largest absolute Gasteiger partial charge is 0.497 e. The lowest BCUT2D eigenvalue weighted by Crippen LogP contribution is -2.37. The van der Waals surface area contributed by atoms with Gasteiger partial charge in [-0.15, -0.1) is 0 Å². The summed E-state index contributed by atoms with van der Waals surface area (Å²) < 4.78 is 24.7. The van der Waals surface area contributed by atoms with Gasteiger partial charge in [0.15, 0.2) is 11.5 Å². The summed E-state index contributed by atoms with van der Waals surface area (Å²) in [6.45, 7) is 13.8. The minimum absolute atomic E-state index is 0.00394. The van der Waals surface area contributed by atoms with E-state index in [1.54, 1.807) is 14.2 Å². The quantitative estimate of drug-likeness (QED) is 0.174. The van der Waals surface area contributed by atoms with E-state index in [4.69, 9.17) is 18.9 Å². The van der Waals surface area contributed by atoms with Crippen molar-refractivity contribution >= 4 is 12.0 Å². The lowest BCUT2D eigenvalue weighted by molar-refractivity contribution is 0.0525. The molecular formula is C38H46N4O6. The van der Waals surface area contributed by atoms with Crippen LogP contribution in [0.25, 0.3) is 0 Å². The Morgan fingerprint density at radius 1 is 0.917 bits per heavy atom. The van der Waals surface area contributed by atoms with Gasteiger partial charge in [-0.25, -0.2) is 14.3 Å². The summed E-state index contributed by atoms with van der Waals surface area (Å²) in [5.74, 6) is 2.60. The Morgan fingerprint density at radius 2 is 1.58 bits per heavy atom. The van der Waals surface area contributed by atoms with Crippen LogP contribution in [0.15, 0.2) is 67.0 Å². The molecule has 2 heterocycles. The van der Waals surface area contributed by atoms with Crippen LogP contribution in [0.5, 0.6) is 23.0 Å². The highest BCUT2D eigenvalue weighted by molar-refractivity contribution is 5.94. The van der Waals surface area contributed by atoms with E-state index in [1.807, 2.05) is 107 Å². The average Bonchev–Trinajstić information content (AvgIpc) is 3.44. The highest BCUT2D eigenvalue weighted by Crippen LogP contribution is 2.43. The molecule has 0 aliphatic carbocycles. The molecule has 1 aliphatic rings. The topological polar surface area (TPSA) is 95.4 Å². The summed E-state index contributed by atoms with van der Waals surface area (Å²) in [7, 11) is 3.27. The van der Waals surface area contributed by atoms with Crippen molar-refractivity contribution in [3.05, 3.63) is 101 Å². The predicted octanol–water partition coefficient (Wildman–Crippen LogP) is 7.41. The van der Waals surface area contributed by atoms with Crippen LogP contribution in [-0.4, -0.2) is 70.8 Å². The number of ether oxygens (including phenoxy) is 4. The number of carbonyl (C=O) groups is 2. The smallest absolute Gasteiger partial charge is 0.420 e. The Bertz CT molecular complexity index is 1740. The van der Waals surface area contributed by atoms with Gasteiger partial charge in [-0.2, -0.15) is 0 Å². The fourth-order valence-corrected chi connectivity index (χ4v) is 6.07. The first kappa shape index (κ1) is 34.5. The molecule has 10 nitrogen and oxygen atoms in total. The number of amides is 1. The molecule has 254 valence electrons. The van der Waals surface area contributed by atoms with Crippen LogP contribution in [0.1, 0.15) is 79.1 Å². The highest BCUT2D eigenvalue weighted by atomic mass is 16.6. The number of methoxy groups -OCH3 is 2. The SMILES string of the molecule is CCN(CC)C(=O)c1ccc(C2c3cc(Oc4ccc(OC)cc4)c(OC)cc3CCN2Cc2c(C)ncn2C(=O)OC(C)(C)C)cc1. The van der Waals surface area contributed by atoms with Gasteiger partial charge in [0, 0.05) is 31.7 Å². The Hall–Kier alpha value is -4.83. The lowest BCUT2D eigenvalue weighted by atomic mass is 9.87. The molecule has 0 N–H and O–H groups in total. The maximum atomic E-state index is 13.2. The van der Waals surface area contributed by atoms with Gasteiger partial charge in [-0.3, -0.25) is 9.69 Å². The van der Waals surface area contributed by atoms with Crippen LogP contribution < -0.4 is 14.2 Å². The van der Waals surface area contributed by atoms with Crippen molar-refractivity contribution in [3.8, 4) is 23.0 Å². The first-order valence-electron chi connectivity index (χ1n) is 16.4. The molecule has 0 radical (unpaired) electrons. The van der Waals surface area contributed by atoms with Crippen molar-refractivity contribution in [2.45, 2.75) is 66.2 Å². The Kier molecular flexibility index (Phi) is 10.4. The minimum atomic E-state index is -0.650. The molecule has 1 aromatic heterocycles. The molecule has 1 atom stereocenters. The maximum absolute atomic E-state index is 13.2. The van der Waals surface area contributed by atoms with Crippen LogP contribution in [0.3, 0.4) is 0 Å². The number of aryl methyl sites for hydroxylation is 1. The summed E-state index contributed by atoms with van der Waals surface area (Å²) in [5.41, 5.74) is 4.70. The number of carbonyl (C=O) groups excluding carboxylic acids is 2. The third kappa shape index (κ3) is 7.49. The average molecular weight is 655 g/mol. The molecule has 5 rings (SSSR count). The van der Waals surface area contributed by atoms with Crippen LogP contribution in [0.4, 0.5) is 4.79 Å². The zero-order valence-corrected chi connectivity index (χ0v) is 29.2. The number of nitrogens with zero attached hydrogens (tertiary/aromatic N) is 4. The van der Waals surface area contributed by atoms with Crippen molar-refractivity contribution < 1.29 is 28.5 Å². The zero-order chi connectivity index (χ0) is 34.6. The first-order chi connectivity index (χ1) is 23.0. The molecule has 0 fully saturated rings. The lowest BCUT2D eigenvalue weighted by Gasteiger charge is -2.38. The van der Waals surface area contributed by atoms with E-state index < -0.39 is 11.7 Å². The van der Waals surface area contributed by atoms with Gasteiger partial charge in [-0.05, 0) is 113 Å². The number of imidazole rings is 1. The Labute approximate surface area is 283 Å². The summed E-state index contributed by atoms with van der Waals surface area (Å²) in [5, 5.41) is 0. The highest BCUT2D eigenvalue weighted by Gasteiger charge is 2.33. The van der Waals surface area contributed by atoms with Gasteiger partial charge in [0.25, 0.3) is 5.91 Å². The Balaban J connectivity index is 1.58. The van der Waals surface area contributed by atoms with Gasteiger partial charge >= 0.3 is 6.09 Å². The molecule has 3 aromatic carbocycles. The summed E-state index contributed by atoms with van der Waals surface area (Å²) in [6.07, 6.45) is 1.82. The second-order valence-electron chi connectivity index (χ2n) is 12.8. The molecule has 0 saturated carbocycles. The number of hydrogen-bond acceptors (Lipinski definition) is 8. The van der Waals surface area contributed by atoms with Gasteiger partial charge in [0.05, 0.1) is 31.6 Å². The first-order valence-corrected chi connectivity index (χ1v) is 16.4. The number of aromatic nitrogens is 2. The van der Waals surface area contributed by atoms with E-state index in [1.165, 1.54) is 10.9 Å². The molecule has 4 aromatic rings. The minimum Gasteiger partial charge on any atom is -0.497 e. The van der Waals surface area contributed by atoms with E-state index in [0.717, 1.165) is 40.2 Å².